The van der Waals surface area contributed by atoms with Gasteiger partial charge in [-0.05, 0) is 10.4 Å². The highest BCUT2D eigenvalue weighted by Crippen LogP contribution is 2.29. The van der Waals surface area contributed by atoms with Gasteiger partial charge in [-0.1, -0.05) is 72.6 Å². The fourth-order valence-electron chi connectivity index (χ4n) is 1.68. The molecule has 0 fully saturated rings. The van der Waals surface area contributed by atoms with Gasteiger partial charge < -0.3 is 0 Å². The molecule has 1 rings (SSSR count). The monoisotopic (exact) mass is 330 g/mol. The summed E-state index contributed by atoms with van der Waals surface area (Å²) in [4.78, 5) is 0. The molecule has 90 valence electrons. The van der Waals surface area contributed by atoms with Crippen LogP contribution in [0.25, 0.3) is 0 Å². The largest absolute Gasteiger partial charge is 0.0828 e. The van der Waals surface area contributed by atoms with Crippen molar-refractivity contribution in [1.82, 2.24) is 0 Å². The summed E-state index contributed by atoms with van der Waals surface area (Å²) in [6, 6.07) is 0. The molecular formula is C10H14Cl4Si2. The summed E-state index contributed by atoms with van der Waals surface area (Å²) < 4.78 is 0. The molecule has 0 amide bonds. The Labute approximate surface area is 120 Å². The Bertz CT molecular complexity index is 348. The van der Waals surface area contributed by atoms with Crippen LogP contribution in [0.5, 0.6) is 0 Å². The Morgan fingerprint density at radius 2 is 0.750 bits per heavy atom. The van der Waals surface area contributed by atoms with Gasteiger partial charge in [0.15, 0.2) is 0 Å². The van der Waals surface area contributed by atoms with Gasteiger partial charge in [-0.3, -0.25) is 0 Å². The molecule has 0 aliphatic rings. The summed E-state index contributed by atoms with van der Waals surface area (Å²) in [5.74, 6) is 0. The molecule has 6 heteroatoms. The van der Waals surface area contributed by atoms with E-state index in [2.05, 4.69) is 26.2 Å². The van der Waals surface area contributed by atoms with Crippen LogP contribution in [0.4, 0.5) is 0 Å². The second-order valence-electron chi connectivity index (χ2n) is 4.39. The van der Waals surface area contributed by atoms with Crippen molar-refractivity contribution in [1.29, 1.82) is 0 Å². The van der Waals surface area contributed by atoms with Crippen LogP contribution in [-0.2, 0) is 0 Å². The second kappa shape index (κ2) is 5.64. The predicted octanol–water partition coefficient (Wildman–Crippen LogP) is 3.69. The minimum atomic E-state index is -1.13. The van der Waals surface area contributed by atoms with Crippen molar-refractivity contribution in [2.24, 2.45) is 0 Å². The maximum absolute atomic E-state index is 6.30. The Morgan fingerprint density at radius 1 is 0.562 bits per heavy atom. The van der Waals surface area contributed by atoms with Gasteiger partial charge >= 0.3 is 0 Å². The molecule has 16 heavy (non-hydrogen) atoms. The van der Waals surface area contributed by atoms with E-state index in [1.54, 1.807) is 0 Å². The van der Waals surface area contributed by atoms with Gasteiger partial charge in [0.1, 0.15) is 0 Å². The molecule has 0 atom stereocenters. The molecule has 0 nitrogen and oxygen atoms in total. The lowest BCUT2D eigenvalue weighted by Gasteiger charge is -2.18. The molecule has 0 aliphatic heterocycles. The first-order valence-electron chi connectivity index (χ1n) is 5.14. The van der Waals surface area contributed by atoms with Crippen LogP contribution in [0, 0.1) is 0 Å². The fourth-order valence-corrected chi connectivity index (χ4v) is 8.15. The quantitative estimate of drug-likeness (QED) is 0.572. The molecule has 0 N–H and O–H groups in total. The van der Waals surface area contributed by atoms with Gasteiger partial charge in [0.2, 0.25) is 0 Å². The van der Waals surface area contributed by atoms with Crippen LogP contribution >= 0.6 is 46.4 Å². The highest BCUT2D eigenvalue weighted by atomic mass is 35.5. The molecule has 0 aliphatic carbocycles. The summed E-state index contributed by atoms with van der Waals surface area (Å²) in [6.45, 7) is 8.64. The lowest BCUT2D eigenvalue weighted by atomic mass is 10.3. The molecule has 0 saturated carbocycles. The molecule has 0 spiro atoms. The zero-order valence-corrected chi connectivity index (χ0v) is 15.0. The standard InChI is InChI=1S/C10H14Cl4Si2/c1-15(2)9-5(11)7(13)10(16(3)4)8(14)6(9)12/h15-16H,1-4H3. The summed E-state index contributed by atoms with van der Waals surface area (Å²) >= 11 is 25.2. The number of rotatable bonds is 2. The first-order chi connectivity index (χ1) is 7.29. The molecule has 0 heterocycles. The Hall–Kier alpha value is 0.814. The molecule has 1 aromatic rings. The van der Waals surface area contributed by atoms with Gasteiger partial charge in [-0.25, -0.2) is 0 Å². The van der Waals surface area contributed by atoms with E-state index >= 15 is 0 Å². The number of hydrogen-bond acceptors (Lipinski definition) is 0. The highest BCUT2D eigenvalue weighted by Gasteiger charge is 2.23. The third-order valence-electron chi connectivity index (χ3n) is 2.49. The SMILES string of the molecule is C[SiH](C)c1c(Cl)c(Cl)c([SiH](C)C)c(Cl)c1Cl. The fraction of sp³-hybridized carbons (Fsp3) is 0.400. The topological polar surface area (TPSA) is 0 Å². The van der Waals surface area contributed by atoms with Crippen LogP contribution in [-0.4, -0.2) is 17.6 Å². The summed E-state index contributed by atoms with van der Waals surface area (Å²) in [5.41, 5.74) is 0. The van der Waals surface area contributed by atoms with Crippen molar-refractivity contribution >= 4 is 74.4 Å². The Balaban J connectivity index is 3.63. The van der Waals surface area contributed by atoms with E-state index in [0.29, 0.717) is 20.1 Å². The maximum atomic E-state index is 6.30. The van der Waals surface area contributed by atoms with Gasteiger partial charge in [-0.15, -0.1) is 0 Å². The molecule has 0 unspecified atom stereocenters. The third-order valence-corrected chi connectivity index (χ3v) is 8.45. The van der Waals surface area contributed by atoms with E-state index in [1.165, 1.54) is 0 Å². The molecular weight excluding hydrogens is 318 g/mol. The van der Waals surface area contributed by atoms with Crippen molar-refractivity contribution in [2.75, 3.05) is 0 Å². The average Bonchev–Trinajstić information content (AvgIpc) is 2.14. The van der Waals surface area contributed by atoms with E-state index in [1.807, 2.05) is 0 Å². The molecule has 0 aromatic heterocycles. The molecule has 1 aromatic carbocycles. The van der Waals surface area contributed by atoms with E-state index in [4.69, 9.17) is 46.4 Å². The van der Waals surface area contributed by atoms with Crippen LogP contribution in [0.3, 0.4) is 0 Å². The number of halogens is 4. The van der Waals surface area contributed by atoms with Crippen molar-refractivity contribution in [3.8, 4) is 0 Å². The van der Waals surface area contributed by atoms with Gasteiger partial charge in [0, 0.05) is 0 Å². The zero-order valence-electron chi connectivity index (χ0n) is 9.67. The third kappa shape index (κ3) is 2.63. The van der Waals surface area contributed by atoms with Crippen molar-refractivity contribution < 1.29 is 0 Å². The normalized spacial score (nSPS) is 11.6. The van der Waals surface area contributed by atoms with Crippen LogP contribution in [0.1, 0.15) is 0 Å². The van der Waals surface area contributed by atoms with E-state index < -0.39 is 17.6 Å². The zero-order chi connectivity index (χ0) is 12.6. The van der Waals surface area contributed by atoms with Gasteiger partial charge in [0.05, 0.1) is 37.7 Å². The predicted molar refractivity (Wildman–Crippen MR) is 83.5 cm³/mol. The smallest absolute Gasteiger partial charge is 0.0688 e. The minimum Gasteiger partial charge on any atom is -0.0828 e. The molecule has 0 bridgehead atoms. The highest BCUT2D eigenvalue weighted by molar-refractivity contribution is 6.81. The van der Waals surface area contributed by atoms with Crippen molar-refractivity contribution in [3.63, 3.8) is 0 Å². The number of hydrogen-bond donors (Lipinski definition) is 0. The minimum absolute atomic E-state index is 0.619. The van der Waals surface area contributed by atoms with E-state index in [-0.39, 0.29) is 0 Å². The van der Waals surface area contributed by atoms with Crippen molar-refractivity contribution in [3.05, 3.63) is 20.1 Å². The van der Waals surface area contributed by atoms with Crippen LogP contribution in [0.2, 0.25) is 46.3 Å². The maximum Gasteiger partial charge on any atom is 0.0688 e. The summed E-state index contributed by atoms with van der Waals surface area (Å²) in [6.07, 6.45) is 0. The van der Waals surface area contributed by atoms with E-state index in [9.17, 15) is 0 Å². The molecule has 0 radical (unpaired) electrons. The summed E-state index contributed by atoms with van der Waals surface area (Å²) in [5, 5.41) is 4.44. The Kier molecular flexibility index (Phi) is 5.24. The Morgan fingerprint density at radius 3 is 0.875 bits per heavy atom. The summed E-state index contributed by atoms with van der Waals surface area (Å²) in [7, 11) is -2.27. The first-order valence-corrected chi connectivity index (χ1v) is 12.4. The lowest BCUT2D eigenvalue weighted by Crippen LogP contribution is -2.33. The molecule has 0 saturated heterocycles. The first kappa shape index (κ1) is 14.9. The van der Waals surface area contributed by atoms with E-state index in [0.717, 1.165) is 10.4 Å². The van der Waals surface area contributed by atoms with Crippen molar-refractivity contribution in [2.45, 2.75) is 26.2 Å². The average molecular weight is 332 g/mol. The lowest BCUT2D eigenvalue weighted by molar-refractivity contribution is 1.75. The van der Waals surface area contributed by atoms with Crippen LogP contribution < -0.4 is 10.4 Å². The van der Waals surface area contributed by atoms with Gasteiger partial charge in [-0.2, -0.15) is 0 Å². The second-order valence-corrected chi connectivity index (χ2v) is 11.7. The number of benzene rings is 1. The van der Waals surface area contributed by atoms with Gasteiger partial charge in [0.25, 0.3) is 0 Å². The van der Waals surface area contributed by atoms with Crippen LogP contribution in [0.15, 0.2) is 0 Å².